The number of nitrogens with zero attached hydrogens (tertiary/aromatic N) is 1. The van der Waals surface area contributed by atoms with Crippen LogP contribution in [0.1, 0.15) is 20.8 Å². The molecule has 0 fully saturated rings. The van der Waals surface area contributed by atoms with Gasteiger partial charge in [0.05, 0.1) is 6.61 Å². The summed E-state index contributed by atoms with van der Waals surface area (Å²) in [7, 11) is 1.79. The van der Waals surface area contributed by atoms with E-state index in [2.05, 4.69) is 0 Å². The summed E-state index contributed by atoms with van der Waals surface area (Å²) in [6.07, 6.45) is 0. The molecule has 0 atom stereocenters. The van der Waals surface area contributed by atoms with Gasteiger partial charge in [0.2, 0.25) is 5.91 Å². The number of likely N-dealkylation sites (N-methyl/N-ethyl adjacent to an activating group) is 1. The molecule has 3 nitrogen and oxygen atoms in total. The maximum Gasteiger partial charge on any atom is 0.227 e. The van der Waals surface area contributed by atoms with Crippen molar-refractivity contribution in [1.29, 1.82) is 0 Å². The summed E-state index contributed by atoms with van der Waals surface area (Å²) in [6.45, 7) is 6.97. The summed E-state index contributed by atoms with van der Waals surface area (Å²) >= 11 is 1.83. The fourth-order valence-corrected chi connectivity index (χ4v) is 1.04. The Labute approximate surface area is 88.1 Å². The number of hydrogen-bond donors (Lipinski definition) is 0. The van der Waals surface area contributed by atoms with Crippen molar-refractivity contribution in [2.45, 2.75) is 20.8 Å². The number of carbonyl (C=O) groups is 1. The summed E-state index contributed by atoms with van der Waals surface area (Å²) in [5.74, 6) is 0.149. The standard InChI is InChI=1S/C8H16INO2/c1-8(2,3)7(11)10(4)5-6-12-9/h5-6H2,1-4H3. The van der Waals surface area contributed by atoms with Gasteiger partial charge < -0.3 is 7.97 Å². The first-order valence-electron chi connectivity index (χ1n) is 3.88. The third-order valence-corrected chi connectivity index (χ3v) is 1.93. The van der Waals surface area contributed by atoms with Crippen LogP contribution in [0.4, 0.5) is 0 Å². The van der Waals surface area contributed by atoms with E-state index in [-0.39, 0.29) is 11.3 Å². The van der Waals surface area contributed by atoms with E-state index in [1.54, 1.807) is 11.9 Å². The molecule has 0 aromatic rings. The minimum Gasteiger partial charge on any atom is -0.343 e. The van der Waals surface area contributed by atoms with Crippen LogP contribution in [0.15, 0.2) is 0 Å². The van der Waals surface area contributed by atoms with E-state index in [1.165, 1.54) is 0 Å². The van der Waals surface area contributed by atoms with E-state index < -0.39 is 0 Å². The largest absolute Gasteiger partial charge is 0.343 e. The Morgan fingerprint density at radius 2 is 2.00 bits per heavy atom. The number of carbonyl (C=O) groups excluding carboxylic acids is 1. The quantitative estimate of drug-likeness (QED) is 0.741. The van der Waals surface area contributed by atoms with Crippen LogP contribution >= 0.6 is 23.0 Å². The molecule has 72 valence electrons. The van der Waals surface area contributed by atoms with E-state index in [0.717, 1.165) is 0 Å². The lowest BCUT2D eigenvalue weighted by Gasteiger charge is -2.25. The molecule has 0 aliphatic heterocycles. The van der Waals surface area contributed by atoms with Gasteiger partial charge in [0.15, 0.2) is 0 Å². The summed E-state index contributed by atoms with van der Waals surface area (Å²) in [5.41, 5.74) is -0.292. The van der Waals surface area contributed by atoms with Crippen LogP contribution in [0.3, 0.4) is 0 Å². The number of rotatable bonds is 3. The zero-order chi connectivity index (χ0) is 9.78. The van der Waals surface area contributed by atoms with E-state index >= 15 is 0 Å². The second kappa shape index (κ2) is 5.01. The van der Waals surface area contributed by atoms with E-state index in [9.17, 15) is 4.79 Å². The van der Waals surface area contributed by atoms with Crippen LogP contribution < -0.4 is 0 Å². The van der Waals surface area contributed by atoms with Crippen LogP contribution in [-0.4, -0.2) is 31.0 Å². The smallest absolute Gasteiger partial charge is 0.227 e. The first-order valence-corrected chi connectivity index (χ1v) is 4.76. The van der Waals surface area contributed by atoms with Gasteiger partial charge in [0.25, 0.3) is 0 Å². The molecule has 0 radical (unpaired) electrons. The lowest BCUT2D eigenvalue weighted by molar-refractivity contribution is -0.138. The monoisotopic (exact) mass is 285 g/mol. The average molecular weight is 285 g/mol. The van der Waals surface area contributed by atoms with Crippen LogP contribution in [0.25, 0.3) is 0 Å². The Morgan fingerprint density at radius 3 is 2.33 bits per heavy atom. The predicted molar refractivity (Wildman–Crippen MR) is 57.1 cm³/mol. The molecule has 0 aliphatic carbocycles. The average Bonchev–Trinajstić information content (AvgIpc) is 1.97. The third kappa shape index (κ3) is 4.25. The van der Waals surface area contributed by atoms with Gasteiger partial charge in [-0.15, -0.1) is 0 Å². The normalized spacial score (nSPS) is 11.4. The van der Waals surface area contributed by atoms with Gasteiger partial charge in [-0.25, -0.2) is 0 Å². The summed E-state index contributed by atoms with van der Waals surface area (Å²) < 4.78 is 4.85. The molecular formula is C8H16INO2. The van der Waals surface area contributed by atoms with Crippen molar-refractivity contribution >= 4 is 28.9 Å². The summed E-state index contributed by atoms with van der Waals surface area (Å²) in [6, 6.07) is 0. The molecule has 0 N–H and O–H groups in total. The molecule has 0 bridgehead atoms. The Bertz CT molecular complexity index is 154. The Hall–Kier alpha value is 0.160. The van der Waals surface area contributed by atoms with E-state index in [4.69, 9.17) is 3.07 Å². The zero-order valence-electron chi connectivity index (χ0n) is 8.06. The minimum absolute atomic E-state index is 0.149. The van der Waals surface area contributed by atoms with Crippen LogP contribution in [0.5, 0.6) is 0 Å². The van der Waals surface area contributed by atoms with Gasteiger partial charge in [0, 0.05) is 19.0 Å². The predicted octanol–water partition coefficient (Wildman–Crippen LogP) is 1.86. The first kappa shape index (κ1) is 12.2. The molecule has 12 heavy (non-hydrogen) atoms. The fraction of sp³-hybridized carbons (Fsp3) is 0.875. The van der Waals surface area contributed by atoms with Gasteiger partial charge in [-0.05, 0) is 0 Å². The molecule has 0 aromatic heterocycles. The van der Waals surface area contributed by atoms with Crippen molar-refractivity contribution in [3.8, 4) is 0 Å². The third-order valence-electron chi connectivity index (χ3n) is 1.49. The molecule has 0 rings (SSSR count). The molecule has 0 saturated carbocycles. The van der Waals surface area contributed by atoms with Crippen LogP contribution in [0, 0.1) is 5.41 Å². The maximum atomic E-state index is 11.5. The number of hydrogen-bond acceptors (Lipinski definition) is 2. The van der Waals surface area contributed by atoms with Gasteiger partial charge >= 0.3 is 0 Å². The highest BCUT2D eigenvalue weighted by molar-refractivity contribution is 14.1. The maximum absolute atomic E-state index is 11.5. The first-order chi connectivity index (χ1) is 5.39. The Morgan fingerprint density at radius 1 is 1.50 bits per heavy atom. The highest BCUT2D eigenvalue weighted by Crippen LogP contribution is 2.15. The van der Waals surface area contributed by atoms with Gasteiger partial charge in [0.1, 0.15) is 23.0 Å². The molecule has 1 amide bonds. The minimum atomic E-state index is -0.292. The molecule has 0 unspecified atom stereocenters. The Kier molecular flexibility index (Phi) is 5.08. The van der Waals surface area contributed by atoms with E-state index in [1.807, 2.05) is 43.8 Å². The second-order valence-electron chi connectivity index (χ2n) is 3.79. The topological polar surface area (TPSA) is 29.5 Å². The van der Waals surface area contributed by atoms with Crippen molar-refractivity contribution in [2.24, 2.45) is 5.41 Å². The van der Waals surface area contributed by atoms with Crippen molar-refractivity contribution in [3.05, 3.63) is 0 Å². The Balaban J connectivity index is 3.94. The number of halogens is 1. The summed E-state index contributed by atoms with van der Waals surface area (Å²) in [5, 5.41) is 0. The van der Waals surface area contributed by atoms with Gasteiger partial charge in [-0.2, -0.15) is 0 Å². The molecule has 0 saturated heterocycles. The van der Waals surface area contributed by atoms with E-state index in [0.29, 0.717) is 13.2 Å². The lowest BCUT2D eigenvalue weighted by atomic mass is 9.95. The number of amides is 1. The highest BCUT2D eigenvalue weighted by Gasteiger charge is 2.24. The van der Waals surface area contributed by atoms with Crippen molar-refractivity contribution < 1.29 is 7.86 Å². The van der Waals surface area contributed by atoms with Crippen molar-refractivity contribution in [2.75, 3.05) is 20.2 Å². The summed E-state index contributed by atoms with van der Waals surface area (Å²) in [4.78, 5) is 13.2. The molecule has 4 heteroatoms. The van der Waals surface area contributed by atoms with Gasteiger partial charge in [-0.1, -0.05) is 20.8 Å². The SMILES string of the molecule is CN(CCOI)C(=O)C(C)(C)C. The van der Waals surface area contributed by atoms with Crippen LogP contribution in [0.2, 0.25) is 0 Å². The fourth-order valence-electron chi connectivity index (χ4n) is 0.846. The second-order valence-corrected chi connectivity index (χ2v) is 4.41. The van der Waals surface area contributed by atoms with Crippen molar-refractivity contribution in [1.82, 2.24) is 4.90 Å². The molecular weight excluding hydrogens is 269 g/mol. The van der Waals surface area contributed by atoms with Crippen molar-refractivity contribution in [3.63, 3.8) is 0 Å². The zero-order valence-corrected chi connectivity index (χ0v) is 10.2. The van der Waals surface area contributed by atoms with Crippen LogP contribution in [-0.2, 0) is 7.86 Å². The molecule has 0 spiro atoms. The van der Waals surface area contributed by atoms with Gasteiger partial charge in [-0.3, -0.25) is 4.79 Å². The highest BCUT2D eigenvalue weighted by atomic mass is 127. The lowest BCUT2D eigenvalue weighted by Crippen LogP contribution is -2.38. The molecule has 0 heterocycles. The molecule has 0 aliphatic rings. The molecule has 0 aromatic carbocycles.